The summed E-state index contributed by atoms with van der Waals surface area (Å²) in [7, 11) is 0. The van der Waals surface area contributed by atoms with Gasteiger partial charge in [-0.15, -0.1) is 0 Å². The number of hydrogen-bond acceptors (Lipinski definition) is 5. The van der Waals surface area contributed by atoms with E-state index in [2.05, 4.69) is 5.10 Å². The van der Waals surface area contributed by atoms with Gasteiger partial charge in [-0.1, -0.05) is 34.8 Å². The van der Waals surface area contributed by atoms with Crippen LogP contribution in [0.1, 0.15) is 36.9 Å². The van der Waals surface area contributed by atoms with Crippen molar-refractivity contribution in [1.82, 2.24) is 0 Å². The summed E-state index contributed by atoms with van der Waals surface area (Å²) >= 11 is 18.3. The minimum absolute atomic E-state index is 0.244. The Labute approximate surface area is 211 Å². The number of ether oxygens (including phenoxy) is 1. The van der Waals surface area contributed by atoms with Crippen molar-refractivity contribution in [3.05, 3.63) is 80.5 Å². The Morgan fingerprint density at radius 2 is 1.76 bits per heavy atom. The predicted molar refractivity (Wildman–Crippen MR) is 135 cm³/mol. The number of anilines is 1. The van der Waals surface area contributed by atoms with E-state index in [1.54, 1.807) is 75.4 Å². The molecular formula is C25H19Cl3N2O4. The van der Waals surface area contributed by atoms with Gasteiger partial charge in [0.2, 0.25) is 0 Å². The van der Waals surface area contributed by atoms with Gasteiger partial charge in [0.15, 0.2) is 0 Å². The number of carbonyl (C=O) groups is 2. The Balaban J connectivity index is 1.61. The fraction of sp³-hybridized carbons (Fsp3) is 0.160. The summed E-state index contributed by atoms with van der Waals surface area (Å²) in [6.45, 7) is 5.25. The van der Waals surface area contributed by atoms with Gasteiger partial charge in [0.25, 0.3) is 5.91 Å². The Morgan fingerprint density at radius 3 is 2.44 bits per heavy atom. The van der Waals surface area contributed by atoms with Crippen molar-refractivity contribution in [2.45, 2.75) is 26.9 Å². The highest BCUT2D eigenvalue weighted by Gasteiger charge is 2.29. The number of hydrogen-bond donors (Lipinski definition) is 0. The molecule has 0 unspecified atom stereocenters. The van der Waals surface area contributed by atoms with Crippen molar-refractivity contribution < 1.29 is 18.7 Å². The van der Waals surface area contributed by atoms with Gasteiger partial charge in [-0.25, -0.2) is 4.79 Å². The molecule has 174 valence electrons. The molecule has 0 radical (unpaired) electrons. The standard InChI is InChI=1S/C25H19Cl3N2O4/c1-13(2)33-25(32)21-8-15(4-6-22(21)28)23-7-5-19(34-23)12-20-14(3)29-30(24(20)31)18-10-16(26)9-17(27)11-18/h4-13H,1-3H3. The highest BCUT2D eigenvalue weighted by Crippen LogP contribution is 2.32. The van der Waals surface area contributed by atoms with Crippen LogP contribution in [0.3, 0.4) is 0 Å². The third kappa shape index (κ3) is 5.04. The SMILES string of the molecule is CC1=NN(c2cc(Cl)cc(Cl)c2)C(=O)C1=Cc1ccc(-c2ccc(Cl)c(C(=O)OC(C)C)c2)o1. The average molecular weight is 518 g/mol. The van der Waals surface area contributed by atoms with Crippen molar-refractivity contribution in [3.8, 4) is 11.3 Å². The second-order valence-corrected chi connectivity index (χ2v) is 9.12. The molecule has 0 saturated heterocycles. The maximum atomic E-state index is 13.0. The molecule has 1 aliphatic heterocycles. The van der Waals surface area contributed by atoms with Crippen LogP contribution in [0.25, 0.3) is 17.4 Å². The van der Waals surface area contributed by atoms with Crippen LogP contribution in [-0.2, 0) is 9.53 Å². The van der Waals surface area contributed by atoms with Crippen LogP contribution in [0.5, 0.6) is 0 Å². The van der Waals surface area contributed by atoms with E-state index in [0.29, 0.717) is 44.1 Å². The lowest BCUT2D eigenvalue weighted by Crippen LogP contribution is -2.21. The number of benzene rings is 2. The largest absolute Gasteiger partial charge is 0.459 e. The fourth-order valence-corrected chi connectivity index (χ4v) is 4.07. The van der Waals surface area contributed by atoms with Crippen molar-refractivity contribution in [3.63, 3.8) is 0 Å². The van der Waals surface area contributed by atoms with Crippen LogP contribution in [0.2, 0.25) is 15.1 Å². The minimum atomic E-state index is -0.514. The molecule has 34 heavy (non-hydrogen) atoms. The number of carbonyl (C=O) groups excluding carboxylic acids is 2. The summed E-state index contributed by atoms with van der Waals surface area (Å²) in [5.74, 6) is 0.0973. The number of nitrogens with zero attached hydrogens (tertiary/aromatic N) is 2. The smallest absolute Gasteiger partial charge is 0.339 e. The van der Waals surface area contributed by atoms with Crippen LogP contribution in [-0.4, -0.2) is 23.7 Å². The summed E-state index contributed by atoms with van der Waals surface area (Å²) in [5.41, 5.74) is 2.24. The lowest BCUT2D eigenvalue weighted by atomic mass is 10.1. The normalized spacial score (nSPS) is 14.8. The molecule has 9 heteroatoms. The number of hydrazone groups is 1. The first-order valence-corrected chi connectivity index (χ1v) is 11.4. The van der Waals surface area contributed by atoms with Crippen molar-refractivity contribution >= 4 is 64.2 Å². The third-order valence-corrected chi connectivity index (χ3v) is 5.65. The average Bonchev–Trinajstić information content (AvgIpc) is 3.33. The lowest BCUT2D eigenvalue weighted by molar-refractivity contribution is -0.114. The summed E-state index contributed by atoms with van der Waals surface area (Å²) in [6, 6.07) is 13.2. The number of rotatable bonds is 5. The zero-order valence-electron chi connectivity index (χ0n) is 18.4. The summed E-state index contributed by atoms with van der Waals surface area (Å²) in [4.78, 5) is 25.4. The second-order valence-electron chi connectivity index (χ2n) is 7.84. The molecule has 0 spiro atoms. The van der Waals surface area contributed by atoms with Gasteiger partial charge in [-0.3, -0.25) is 4.79 Å². The molecule has 1 amide bonds. The molecule has 0 atom stereocenters. The Bertz CT molecular complexity index is 1340. The zero-order chi connectivity index (χ0) is 24.6. The van der Waals surface area contributed by atoms with E-state index in [4.69, 9.17) is 44.0 Å². The lowest BCUT2D eigenvalue weighted by Gasteiger charge is -2.12. The van der Waals surface area contributed by atoms with Crippen molar-refractivity contribution in [2.24, 2.45) is 5.10 Å². The van der Waals surface area contributed by atoms with E-state index in [1.807, 2.05) is 0 Å². The Kier molecular flexibility index (Phi) is 6.84. The first kappa shape index (κ1) is 24.1. The summed E-state index contributed by atoms with van der Waals surface area (Å²) in [6.07, 6.45) is 1.34. The summed E-state index contributed by atoms with van der Waals surface area (Å²) < 4.78 is 11.2. The van der Waals surface area contributed by atoms with Crippen LogP contribution in [0, 0.1) is 0 Å². The number of furan rings is 1. The van der Waals surface area contributed by atoms with E-state index in [-0.39, 0.29) is 22.6 Å². The molecule has 0 N–H and O–H groups in total. The minimum Gasteiger partial charge on any atom is -0.459 e. The van der Waals surface area contributed by atoms with Crippen LogP contribution in [0.15, 0.2) is 63.6 Å². The van der Waals surface area contributed by atoms with Crippen LogP contribution >= 0.6 is 34.8 Å². The van der Waals surface area contributed by atoms with Gasteiger partial charge in [-0.2, -0.15) is 10.1 Å². The first-order chi connectivity index (χ1) is 16.1. The molecular weight excluding hydrogens is 499 g/mol. The predicted octanol–water partition coefficient (Wildman–Crippen LogP) is 7.28. The van der Waals surface area contributed by atoms with Gasteiger partial charge in [0, 0.05) is 15.6 Å². The number of halogens is 3. The molecule has 6 nitrogen and oxygen atoms in total. The molecule has 1 aliphatic rings. The van der Waals surface area contributed by atoms with Crippen LogP contribution in [0.4, 0.5) is 5.69 Å². The summed E-state index contributed by atoms with van der Waals surface area (Å²) in [5, 5.41) is 6.66. The van der Waals surface area contributed by atoms with Gasteiger partial charge in [0.1, 0.15) is 11.5 Å². The van der Waals surface area contributed by atoms with Crippen molar-refractivity contribution in [1.29, 1.82) is 0 Å². The van der Waals surface area contributed by atoms with E-state index in [1.165, 1.54) is 5.01 Å². The molecule has 0 saturated carbocycles. The fourth-order valence-electron chi connectivity index (χ4n) is 3.36. The second kappa shape index (κ2) is 9.66. The van der Waals surface area contributed by atoms with Gasteiger partial charge in [0.05, 0.1) is 33.7 Å². The first-order valence-electron chi connectivity index (χ1n) is 10.3. The molecule has 1 aromatic heterocycles. The van der Waals surface area contributed by atoms with Gasteiger partial charge < -0.3 is 9.15 Å². The third-order valence-electron chi connectivity index (χ3n) is 4.88. The van der Waals surface area contributed by atoms with E-state index >= 15 is 0 Å². The zero-order valence-corrected chi connectivity index (χ0v) is 20.7. The molecule has 2 aromatic carbocycles. The van der Waals surface area contributed by atoms with Crippen molar-refractivity contribution in [2.75, 3.05) is 5.01 Å². The number of amides is 1. The van der Waals surface area contributed by atoms with Gasteiger partial charge >= 0.3 is 5.97 Å². The molecule has 2 heterocycles. The maximum Gasteiger partial charge on any atom is 0.339 e. The van der Waals surface area contributed by atoms with E-state index in [0.717, 1.165) is 0 Å². The topological polar surface area (TPSA) is 72.1 Å². The van der Waals surface area contributed by atoms with Gasteiger partial charge in [-0.05, 0) is 75.4 Å². The monoisotopic (exact) mass is 516 g/mol. The Hall–Kier alpha value is -3.06. The molecule has 0 bridgehead atoms. The molecule has 4 rings (SSSR count). The number of esters is 1. The Morgan fingerprint density at radius 1 is 1.06 bits per heavy atom. The maximum absolute atomic E-state index is 13.0. The van der Waals surface area contributed by atoms with E-state index < -0.39 is 5.97 Å². The van der Waals surface area contributed by atoms with Crippen LogP contribution < -0.4 is 5.01 Å². The highest BCUT2D eigenvalue weighted by molar-refractivity contribution is 6.36. The highest BCUT2D eigenvalue weighted by atomic mass is 35.5. The molecule has 0 fully saturated rings. The molecule has 0 aliphatic carbocycles. The molecule has 3 aromatic rings. The van der Waals surface area contributed by atoms with E-state index in [9.17, 15) is 9.59 Å². The quantitative estimate of drug-likeness (QED) is 0.263.